The van der Waals surface area contributed by atoms with Crippen LogP contribution in [0.1, 0.15) is 26.0 Å². The third kappa shape index (κ3) is 5.65. The quantitative estimate of drug-likeness (QED) is 0.820. The van der Waals surface area contributed by atoms with Crippen LogP contribution in [0.3, 0.4) is 0 Å². The fraction of sp³-hybridized carbons (Fsp3) is 0.412. The number of pyridine rings is 1. The topological polar surface area (TPSA) is 89.0 Å². The molecule has 2 aromatic heterocycles. The van der Waals surface area contributed by atoms with Gasteiger partial charge in [0.25, 0.3) is 0 Å². The molecule has 8 heteroatoms. The van der Waals surface area contributed by atoms with E-state index in [0.717, 1.165) is 11.3 Å². The van der Waals surface area contributed by atoms with Crippen LogP contribution in [0.4, 0.5) is 10.5 Å². The fourth-order valence-electron chi connectivity index (χ4n) is 2.09. The van der Waals surface area contributed by atoms with Gasteiger partial charge in [0.15, 0.2) is 0 Å². The molecule has 0 saturated heterocycles. The third-order valence-electron chi connectivity index (χ3n) is 3.81. The van der Waals surface area contributed by atoms with Gasteiger partial charge in [0.1, 0.15) is 0 Å². The molecule has 2 amide bonds. The number of aryl methyl sites for hydroxylation is 1. The number of ether oxygens (including phenoxy) is 1. The van der Waals surface area contributed by atoms with E-state index >= 15 is 0 Å². The first kappa shape index (κ1) is 19.1. The van der Waals surface area contributed by atoms with Crippen molar-refractivity contribution in [1.82, 2.24) is 20.5 Å². The van der Waals surface area contributed by atoms with Crippen molar-refractivity contribution in [1.29, 1.82) is 0 Å². The largest absolute Gasteiger partial charge is 0.379 e. The smallest absolute Gasteiger partial charge is 0.319 e. The van der Waals surface area contributed by atoms with Crippen molar-refractivity contribution in [2.75, 3.05) is 19.0 Å². The molecule has 0 aliphatic heterocycles. The maximum Gasteiger partial charge on any atom is 0.319 e. The Hall–Kier alpha value is -2.25. The van der Waals surface area contributed by atoms with E-state index in [1.54, 1.807) is 25.4 Å². The predicted molar refractivity (Wildman–Crippen MR) is 97.7 cm³/mol. The molecule has 0 atom stereocenters. The van der Waals surface area contributed by atoms with Crippen LogP contribution in [0.5, 0.6) is 0 Å². The maximum absolute atomic E-state index is 12.0. The highest BCUT2D eigenvalue weighted by Crippen LogP contribution is 2.24. The number of hydrogen-bond donors (Lipinski definition) is 2. The summed E-state index contributed by atoms with van der Waals surface area (Å²) in [5.41, 5.74) is 2.41. The second kappa shape index (κ2) is 8.22. The Balaban J connectivity index is 2.03. The molecule has 0 unspecified atom stereocenters. The van der Waals surface area contributed by atoms with Crippen LogP contribution in [0.2, 0.25) is 5.02 Å². The summed E-state index contributed by atoms with van der Waals surface area (Å²) in [6, 6.07) is 3.19. The molecule has 0 aliphatic carbocycles. The number of amides is 2. The molecule has 0 spiro atoms. The first-order valence-corrected chi connectivity index (χ1v) is 8.24. The number of carbonyl (C=O) groups is 1. The normalized spacial score (nSPS) is 11.2. The lowest BCUT2D eigenvalue weighted by Gasteiger charge is -2.22. The minimum Gasteiger partial charge on any atom is -0.379 e. The van der Waals surface area contributed by atoms with Crippen LogP contribution < -0.4 is 10.6 Å². The molecule has 7 nitrogen and oxygen atoms in total. The van der Waals surface area contributed by atoms with Crippen LogP contribution in [-0.4, -0.2) is 40.5 Å². The molecule has 2 N–H and O–H groups in total. The van der Waals surface area contributed by atoms with Crippen molar-refractivity contribution in [3.63, 3.8) is 0 Å². The van der Waals surface area contributed by atoms with Crippen LogP contribution in [0, 0.1) is 6.92 Å². The van der Waals surface area contributed by atoms with E-state index < -0.39 is 0 Å². The Morgan fingerprint density at radius 3 is 2.76 bits per heavy atom. The zero-order valence-electron chi connectivity index (χ0n) is 14.8. The molecule has 0 radical (unpaired) electrons. The molecule has 2 heterocycles. The molecule has 134 valence electrons. The number of methoxy groups -OCH3 is 1. The second-order valence-electron chi connectivity index (χ2n) is 6.21. The highest BCUT2D eigenvalue weighted by atomic mass is 35.5. The van der Waals surface area contributed by atoms with Gasteiger partial charge in [0.2, 0.25) is 0 Å². The first-order chi connectivity index (χ1) is 11.8. The molecule has 2 rings (SSSR count). The Kier molecular flexibility index (Phi) is 6.27. The molecule has 25 heavy (non-hydrogen) atoms. The van der Waals surface area contributed by atoms with E-state index in [-0.39, 0.29) is 11.6 Å². The lowest BCUT2D eigenvalue weighted by atomic mass is 10.1. The number of nitrogens with one attached hydrogen (secondary N) is 2. The number of hydrogen-bond acceptors (Lipinski definition) is 5. The number of nitrogens with zero attached hydrogens (tertiary/aromatic N) is 3. The van der Waals surface area contributed by atoms with Crippen molar-refractivity contribution < 1.29 is 9.53 Å². The summed E-state index contributed by atoms with van der Waals surface area (Å²) in [5, 5.41) is 14.0. The zero-order valence-corrected chi connectivity index (χ0v) is 15.5. The number of rotatable bonds is 6. The standard InChI is InChI=1S/C17H22ClN5O2/c1-11-14(15-7-12(18)9-21-23-15)8-13(10-20-11)22-16(24)19-6-5-17(2,3)25-4/h7-10H,5-6H2,1-4H3,(H2,19,22,24). The van der Waals surface area contributed by atoms with E-state index in [4.69, 9.17) is 16.3 Å². The maximum atomic E-state index is 12.0. The van der Waals surface area contributed by atoms with Crippen molar-refractivity contribution in [3.8, 4) is 11.3 Å². The van der Waals surface area contributed by atoms with Gasteiger partial charge in [0, 0.05) is 24.9 Å². The van der Waals surface area contributed by atoms with Crippen LogP contribution >= 0.6 is 11.6 Å². The van der Waals surface area contributed by atoms with Gasteiger partial charge in [-0.1, -0.05) is 11.6 Å². The first-order valence-electron chi connectivity index (χ1n) is 7.86. The molecular formula is C17H22ClN5O2. The molecule has 0 saturated carbocycles. The number of halogens is 1. The molecule has 0 bridgehead atoms. The molecule has 0 aromatic carbocycles. The molecule has 0 aliphatic rings. The second-order valence-corrected chi connectivity index (χ2v) is 6.65. The van der Waals surface area contributed by atoms with Crippen LogP contribution in [0.15, 0.2) is 24.5 Å². The lowest BCUT2D eigenvalue weighted by Crippen LogP contribution is -2.34. The summed E-state index contributed by atoms with van der Waals surface area (Å²) in [5.74, 6) is 0. The van der Waals surface area contributed by atoms with E-state index in [0.29, 0.717) is 29.4 Å². The summed E-state index contributed by atoms with van der Waals surface area (Å²) in [4.78, 5) is 16.3. The van der Waals surface area contributed by atoms with Crippen molar-refractivity contribution in [2.24, 2.45) is 0 Å². The average molecular weight is 364 g/mol. The van der Waals surface area contributed by atoms with Gasteiger partial charge in [0.05, 0.1) is 34.4 Å². The minimum absolute atomic E-state index is 0.281. The summed E-state index contributed by atoms with van der Waals surface area (Å²) in [6.45, 7) is 6.29. The van der Waals surface area contributed by atoms with Gasteiger partial charge < -0.3 is 15.4 Å². The van der Waals surface area contributed by atoms with Crippen molar-refractivity contribution >= 4 is 23.3 Å². The van der Waals surface area contributed by atoms with Gasteiger partial charge >= 0.3 is 6.03 Å². The Morgan fingerprint density at radius 2 is 2.08 bits per heavy atom. The van der Waals surface area contributed by atoms with E-state index in [9.17, 15) is 4.79 Å². The fourth-order valence-corrected chi connectivity index (χ4v) is 2.24. The van der Waals surface area contributed by atoms with E-state index in [1.165, 1.54) is 6.20 Å². The molecule has 2 aromatic rings. The summed E-state index contributed by atoms with van der Waals surface area (Å²) in [7, 11) is 1.65. The van der Waals surface area contributed by atoms with Gasteiger partial charge in [-0.2, -0.15) is 10.2 Å². The van der Waals surface area contributed by atoms with E-state index in [1.807, 2.05) is 20.8 Å². The molecular weight excluding hydrogens is 342 g/mol. The van der Waals surface area contributed by atoms with Gasteiger partial charge in [-0.05, 0) is 39.3 Å². The van der Waals surface area contributed by atoms with Crippen molar-refractivity contribution in [2.45, 2.75) is 32.8 Å². The lowest BCUT2D eigenvalue weighted by molar-refractivity contribution is 0.0165. The predicted octanol–water partition coefficient (Wildman–Crippen LogP) is 3.44. The van der Waals surface area contributed by atoms with Gasteiger partial charge in [-0.15, -0.1) is 0 Å². The Bertz CT molecular complexity index is 752. The number of anilines is 1. The van der Waals surface area contributed by atoms with Crippen molar-refractivity contribution in [3.05, 3.63) is 35.2 Å². The average Bonchev–Trinajstić information content (AvgIpc) is 2.56. The minimum atomic E-state index is -0.305. The summed E-state index contributed by atoms with van der Waals surface area (Å²) < 4.78 is 5.32. The molecule has 0 fully saturated rings. The highest BCUT2D eigenvalue weighted by Gasteiger charge is 2.16. The highest BCUT2D eigenvalue weighted by molar-refractivity contribution is 6.30. The Morgan fingerprint density at radius 1 is 1.32 bits per heavy atom. The Labute approximate surface area is 152 Å². The third-order valence-corrected chi connectivity index (χ3v) is 4.01. The van der Waals surface area contributed by atoms with Gasteiger partial charge in [-0.3, -0.25) is 4.98 Å². The summed E-state index contributed by atoms with van der Waals surface area (Å²) in [6.07, 6.45) is 3.76. The monoisotopic (exact) mass is 363 g/mol. The number of carbonyl (C=O) groups excluding carboxylic acids is 1. The number of aromatic nitrogens is 3. The van der Waals surface area contributed by atoms with Crippen LogP contribution in [-0.2, 0) is 4.74 Å². The van der Waals surface area contributed by atoms with E-state index in [2.05, 4.69) is 25.8 Å². The van der Waals surface area contributed by atoms with Crippen LogP contribution in [0.25, 0.3) is 11.3 Å². The van der Waals surface area contributed by atoms with Gasteiger partial charge in [-0.25, -0.2) is 4.79 Å². The SMILES string of the molecule is COC(C)(C)CCNC(=O)Nc1cnc(C)c(-c2cc(Cl)cnn2)c1. The number of urea groups is 1. The zero-order chi connectivity index (χ0) is 18.4. The summed E-state index contributed by atoms with van der Waals surface area (Å²) >= 11 is 5.96.